The third kappa shape index (κ3) is 5.56. The monoisotopic (exact) mass is 404 g/mol. The molecule has 28 heavy (non-hydrogen) atoms. The van der Waals surface area contributed by atoms with E-state index in [2.05, 4.69) is 4.72 Å². The second kappa shape index (κ2) is 9.21. The Morgan fingerprint density at radius 1 is 1.11 bits per heavy atom. The van der Waals surface area contributed by atoms with Gasteiger partial charge in [0.2, 0.25) is 10.0 Å². The summed E-state index contributed by atoms with van der Waals surface area (Å²) in [5.41, 5.74) is 3.08. The molecule has 0 radical (unpaired) electrons. The van der Waals surface area contributed by atoms with Crippen molar-refractivity contribution in [2.24, 2.45) is 0 Å². The quantitative estimate of drug-likeness (QED) is 0.731. The highest BCUT2D eigenvalue weighted by Gasteiger charge is 2.17. The molecule has 2 rings (SSSR count). The Morgan fingerprint density at radius 3 is 2.32 bits per heavy atom. The summed E-state index contributed by atoms with van der Waals surface area (Å²) in [4.78, 5) is 14.1. The highest BCUT2D eigenvalue weighted by Crippen LogP contribution is 2.19. The molecule has 1 atom stereocenters. The van der Waals surface area contributed by atoms with Crippen molar-refractivity contribution >= 4 is 21.6 Å². The molecular formula is C21H28N2O4S. The number of anilines is 1. The zero-order valence-electron chi connectivity index (χ0n) is 17.0. The van der Waals surface area contributed by atoms with Crippen LogP contribution < -0.4 is 14.4 Å². The molecule has 0 aliphatic carbocycles. The van der Waals surface area contributed by atoms with Gasteiger partial charge in [0.25, 0.3) is 5.91 Å². The number of nitrogens with one attached hydrogen (secondary N) is 1. The van der Waals surface area contributed by atoms with E-state index in [-0.39, 0.29) is 23.5 Å². The fraction of sp³-hybridized carbons (Fsp3) is 0.381. The van der Waals surface area contributed by atoms with E-state index in [1.54, 1.807) is 24.1 Å². The van der Waals surface area contributed by atoms with Gasteiger partial charge in [0.05, 0.1) is 4.90 Å². The Kier molecular flexibility index (Phi) is 7.21. The summed E-state index contributed by atoms with van der Waals surface area (Å²) >= 11 is 0. The maximum atomic E-state index is 12.4. The van der Waals surface area contributed by atoms with Gasteiger partial charge in [0.15, 0.2) is 6.61 Å². The molecule has 0 saturated heterocycles. The SMILES string of the molecule is CC[C@H](C)NS(=O)(=O)c1ccc(OCC(=O)N(C)c2ccc(C)c(C)c2)cc1. The number of hydrogen-bond acceptors (Lipinski definition) is 4. The molecule has 0 aromatic heterocycles. The number of hydrogen-bond donors (Lipinski definition) is 1. The number of benzene rings is 2. The highest BCUT2D eigenvalue weighted by molar-refractivity contribution is 7.89. The predicted octanol–water partition coefficient (Wildman–Crippen LogP) is 3.42. The van der Waals surface area contributed by atoms with E-state index < -0.39 is 10.0 Å². The molecule has 1 N–H and O–H groups in total. The number of aryl methyl sites for hydroxylation is 2. The molecule has 0 bridgehead atoms. The standard InChI is InChI=1S/C21H28N2O4S/c1-6-17(4)22-28(25,26)20-11-9-19(10-12-20)27-14-21(24)23(5)18-8-7-15(2)16(3)13-18/h7-13,17,22H,6,14H2,1-5H3/t17-/m0/s1. The number of sulfonamides is 1. The lowest BCUT2D eigenvalue weighted by atomic mass is 10.1. The van der Waals surface area contributed by atoms with Gasteiger partial charge in [-0.15, -0.1) is 0 Å². The normalized spacial score (nSPS) is 12.5. The minimum Gasteiger partial charge on any atom is -0.484 e. The largest absolute Gasteiger partial charge is 0.484 e. The number of nitrogens with zero attached hydrogens (tertiary/aromatic N) is 1. The van der Waals surface area contributed by atoms with Crippen molar-refractivity contribution in [3.05, 3.63) is 53.6 Å². The van der Waals surface area contributed by atoms with Crippen molar-refractivity contribution in [3.8, 4) is 5.75 Å². The number of ether oxygens (including phenoxy) is 1. The summed E-state index contributed by atoms with van der Waals surface area (Å²) in [6.07, 6.45) is 0.705. The maximum absolute atomic E-state index is 12.4. The maximum Gasteiger partial charge on any atom is 0.264 e. The average Bonchev–Trinajstić information content (AvgIpc) is 2.67. The summed E-state index contributed by atoms with van der Waals surface area (Å²) in [6, 6.07) is 11.7. The summed E-state index contributed by atoms with van der Waals surface area (Å²) < 4.78 is 32.7. The van der Waals surface area contributed by atoms with Crippen LogP contribution in [0.5, 0.6) is 5.75 Å². The van der Waals surface area contributed by atoms with Gasteiger partial charge in [0, 0.05) is 18.8 Å². The van der Waals surface area contributed by atoms with Crippen molar-refractivity contribution in [2.75, 3.05) is 18.6 Å². The molecule has 0 aliphatic heterocycles. The van der Waals surface area contributed by atoms with Crippen LogP contribution in [0, 0.1) is 13.8 Å². The fourth-order valence-corrected chi connectivity index (χ4v) is 3.78. The van der Waals surface area contributed by atoms with Crippen LogP contribution in [0.2, 0.25) is 0 Å². The van der Waals surface area contributed by atoms with E-state index in [1.165, 1.54) is 17.7 Å². The Labute approximate surface area is 167 Å². The molecule has 2 aromatic rings. The topological polar surface area (TPSA) is 75.7 Å². The fourth-order valence-electron chi connectivity index (χ4n) is 2.45. The van der Waals surface area contributed by atoms with E-state index in [9.17, 15) is 13.2 Å². The number of likely N-dealkylation sites (N-methyl/N-ethyl adjacent to an activating group) is 1. The van der Waals surface area contributed by atoms with Crippen molar-refractivity contribution in [1.29, 1.82) is 0 Å². The van der Waals surface area contributed by atoms with E-state index >= 15 is 0 Å². The van der Waals surface area contributed by atoms with Gasteiger partial charge in [-0.05, 0) is 74.7 Å². The van der Waals surface area contributed by atoms with Crippen molar-refractivity contribution < 1.29 is 17.9 Å². The second-order valence-corrected chi connectivity index (χ2v) is 8.63. The molecule has 152 valence electrons. The number of carbonyl (C=O) groups is 1. The second-order valence-electron chi connectivity index (χ2n) is 6.91. The Balaban J connectivity index is 1.99. The highest BCUT2D eigenvalue weighted by atomic mass is 32.2. The van der Waals surface area contributed by atoms with Gasteiger partial charge in [0.1, 0.15) is 5.75 Å². The average molecular weight is 405 g/mol. The van der Waals surface area contributed by atoms with Gasteiger partial charge >= 0.3 is 0 Å². The summed E-state index contributed by atoms with van der Waals surface area (Å²) in [5.74, 6) is 0.239. The molecular weight excluding hydrogens is 376 g/mol. The van der Waals surface area contributed by atoms with Crippen molar-refractivity contribution in [2.45, 2.75) is 45.1 Å². The third-order valence-electron chi connectivity index (χ3n) is 4.72. The lowest BCUT2D eigenvalue weighted by molar-refractivity contribution is -0.120. The van der Waals surface area contributed by atoms with Gasteiger partial charge in [-0.1, -0.05) is 13.0 Å². The van der Waals surface area contributed by atoms with Gasteiger partial charge in [-0.2, -0.15) is 0 Å². The van der Waals surface area contributed by atoms with Gasteiger partial charge in [-0.25, -0.2) is 13.1 Å². The summed E-state index contributed by atoms with van der Waals surface area (Å²) in [6.45, 7) is 7.61. The lowest BCUT2D eigenvalue weighted by Gasteiger charge is -2.19. The van der Waals surface area contributed by atoms with Crippen molar-refractivity contribution in [3.63, 3.8) is 0 Å². The molecule has 0 spiro atoms. The Morgan fingerprint density at radius 2 is 1.75 bits per heavy atom. The molecule has 0 fully saturated rings. The molecule has 0 aliphatic rings. The first kappa shape index (κ1) is 21.9. The third-order valence-corrected chi connectivity index (χ3v) is 6.32. The molecule has 0 heterocycles. The van der Waals surface area contributed by atoms with Gasteiger partial charge < -0.3 is 9.64 Å². The van der Waals surface area contributed by atoms with Crippen LogP contribution in [0.15, 0.2) is 47.4 Å². The molecule has 7 heteroatoms. The predicted molar refractivity (Wildman–Crippen MR) is 111 cm³/mol. The Hall–Kier alpha value is -2.38. The number of amides is 1. The number of carbonyl (C=O) groups excluding carboxylic acids is 1. The van der Waals surface area contributed by atoms with Crippen LogP contribution in [0.25, 0.3) is 0 Å². The minimum atomic E-state index is -3.56. The molecule has 0 saturated carbocycles. The van der Waals surface area contributed by atoms with Crippen LogP contribution in [0.4, 0.5) is 5.69 Å². The molecule has 0 unspecified atom stereocenters. The van der Waals surface area contributed by atoms with E-state index in [0.717, 1.165) is 11.3 Å². The first-order valence-electron chi connectivity index (χ1n) is 9.23. The van der Waals surface area contributed by atoms with Crippen LogP contribution in [-0.4, -0.2) is 34.0 Å². The summed E-state index contributed by atoms with van der Waals surface area (Å²) in [5, 5.41) is 0. The van der Waals surface area contributed by atoms with Crippen molar-refractivity contribution in [1.82, 2.24) is 4.72 Å². The summed E-state index contributed by atoms with van der Waals surface area (Å²) in [7, 11) is -1.86. The van der Waals surface area contributed by atoms with E-state index in [0.29, 0.717) is 12.2 Å². The number of rotatable bonds is 8. The zero-order valence-corrected chi connectivity index (χ0v) is 17.8. The Bertz CT molecular complexity index is 924. The molecule has 1 amide bonds. The van der Waals surface area contributed by atoms with Crippen LogP contribution in [-0.2, 0) is 14.8 Å². The van der Waals surface area contributed by atoms with E-state index in [1.807, 2.05) is 45.9 Å². The first-order valence-corrected chi connectivity index (χ1v) is 10.7. The zero-order chi connectivity index (χ0) is 20.9. The minimum absolute atomic E-state index is 0.138. The lowest BCUT2D eigenvalue weighted by Crippen LogP contribution is -2.32. The molecule has 6 nitrogen and oxygen atoms in total. The van der Waals surface area contributed by atoms with Gasteiger partial charge in [-0.3, -0.25) is 4.79 Å². The van der Waals surface area contributed by atoms with E-state index in [4.69, 9.17) is 4.74 Å². The smallest absolute Gasteiger partial charge is 0.264 e. The van der Waals surface area contributed by atoms with Crippen LogP contribution in [0.3, 0.4) is 0 Å². The molecule has 2 aromatic carbocycles. The van der Waals surface area contributed by atoms with Crippen LogP contribution in [0.1, 0.15) is 31.4 Å². The first-order chi connectivity index (χ1) is 13.1. The van der Waals surface area contributed by atoms with Crippen LogP contribution >= 0.6 is 0 Å².